The molecule has 1 aromatic heterocycles. The Morgan fingerprint density at radius 2 is 1.76 bits per heavy atom. The molecule has 2 aliphatic rings. The van der Waals surface area contributed by atoms with Crippen LogP contribution in [0, 0.1) is 6.92 Å². The fourth-order valence-corrected chi connectivity index (χ4v) is 4.67. The summed E-state index contributed by atoms with van der Waals surface area (Å²) in [5.41, 5.74) is 4.29. The van der Waals surface area contributed by atoms with Crippen molar-refractivity contribution in [1.29, 1.82) is 0 Å². The largest absolute Gasteiger partial charge is 0.493 e. The van der Waals surface area contributed by atoms with E-state index in [1.807, 2.05) is 19.9 Å². The van der Waals surface area contributed by atoms with E-state index in [1.165, 1.54) is 21.3 Å². The Morgan fingerprint density at radius 1 is 1.06 bits per heavy atom. The molecular weight excluding hydrogens is 434 g/mol. The summed E-state index contributed by atoms with van der Waals surface area (Å²) in [6.07, 6.45) is 3.60. The smallest absolute Gasteiger partial charge is 0.255 e. The summed E-state index contributed by atoms with van der Waals surface area (Å²) in [7, 11) is 4.61. The molecule has 2 heterocycles. The number of carbonyl (C=O) groups is 2. The first-order chi connectivity index (χ1) is 16.4. The van der Waals surface area contributed by atoms with Crippen molar-refractivity contribution in [3.8, 4) is 17.2 Å². The predicted molar refractivity (Wildman–Crippen MR) is 128 cm³/mol. The average molecular weight is 464 g/mol. The van der Waals surface area contributed by atoms with E-state index in [9.17, 15) is 9.59 Å². The number of nitrogens with one attached hydrogen (secondary N) is 2. The quantitative estimate of drug-likeness (QED) is 0.668. The van der Waals surface area contributed by atoms with Crippen molar-refractivity contribution in [3.05, 3.63) is 64.1 Å². The third kappa shape index (κ3) is 4.23. The van der Waals surface area contributed by atoms with E-state index in [-0.39, 0.29) is 11.7 Å². The van der Waals surface area contributed by atoms with Gasteiger partial charge in [-0.2, -0.15) is 0 Å². The number of carbonyl (C=O) groups excluding carboxylic acids is 2. The van der Waals surface area contributed by atoms with E-state index < -0.39 is 5.92 Å². The molecule has 178 valence electrons. The second-order valence-electron chi connectivity index (χ2n) is 8.40. The summed E-state index contributed by atoms with van der Waals surface area (Å²) in [6, 6.07) is 7.26. The Hall–Kier alpha value is -3.81. The summed E-state index contributed by atoms with van der Waals surface area (Å²) in [4.78, 5) is 31.0. The number of Topliss-reactive ketones (excluding diaryl/α,β-unsaturated/α-hetero) is 1. The molecule has 0 bridgehead atoms. The number of hydrogen-bond donors (Lipinski definition) is 2. The topological polar surface area (TPSA) is 98.8 Å². The lowest BCUT2D eigenvalue weighted by atomic mass is 9.75. The molecule has 8 nitrogen and oxygen atoms in total. The van der Waals surface area contributed by atoms with Gasteiger partial charge in [0.15, 0.2) is 17.3 Å². The summed E-state index contributed by atoms with van der Waals surface area (Å²) in [6.45, 7) is 3.78. The first kappa shape index (κ1) is 23.4. The van der Waals surface area contributed by atoms with Gasteiger partial charge < -0.3 is 24.8 Å². The van der Waals surface area contributed by atoms with Gasteiger partial charge in [0.1, 0.15) is 5.82 Å². The minimum Gasteiger partial charge on any atom is -0.493 e. The molecule has 1 amide bonds. The predicted octanol–water partition coefficient (Wildman–Crippen LogP) is 4.02. The lowest BCUT2D eigenvalue weighted by Gasteiger charge is -2.34. The molecule has 0 unspecified atom stereocenters. The maximum atomic E-state index is 13.6. The third-order valence-electron chi connectivity index (χ3n) is 6.20. The van der Waals surface area contributed by atoms with Crippen LogP contribution in [0.25, 0.3) is 0 Å². The van der Waals surface area contributed by atoms with Crippen LogP contribution >= 0.6 is 0 Å². The molecule has 0 fully saturated rings. The van der Waals surface area contributed by atoms with Crippen molar-refractivity contribution in [2.24, 2.45) is 0 Å². The fourth-order valence-electron chi connectivity index (χ4n) is 4.67. The zero-order chi connectivity index (χ0) is 24.4. The van der Waals surface area contributed by atoms with Gasteiger partial charge in [-0.15, -0.1) is 0 Å². The van der Waals surface area contributed by atoms with E-state index in [1.54, 1.807) is 24.4 Å². The maximum absolute atomic E-state index is 13.6. The highest BCUT2D eigenvalue weighted by Gasteiger charge is 2.39. The number of aromatic nitrogens is 1. The lowest BCUT2D eigenvalue weighted by Crippen LogP contribution is -2.35. The number of anilines is 1. The Bertz CT molecular complexity index is 1190. The highest BCUT2D eigenvalue weighted by Crippen LogP contribution is 2.47. The van der Waals surface area contributed by atoms with Gasteiger partial charge in [-0.05, 0) is 62.1 Å². The van der Waals surface area contributed by atoms with E-state index >= 15 is 0 Å². The standard InChI is InChI=1S/C26H29N3O5/c1-14-9-10-27-21(11-14)29-26(31)22-15(2)28-17-7-6-8-18(30)24(17)23(22)16-12-19(32-3)25(34-5)20(13-16)33-4/h9-13,23,28H,6-8H2,1-5H3,(H,27,29,31)/t23-/m1/s1. The number of allylic oxidation sites excluding steroid dienone is 3. The summed E-state index contributed by atoms with van der Waals surface area (Å²) >= 11 is 0. The first-order valence-corrected chi connectivity index (χ1v) is 11.2. The second-order valence-corrected chi connectivity index (χ2v) is 8.40. The number of methoxy groups -OCH3 is 3. The average Bonchev–Trinajstić information content (AvgIpc) is 2.82. The van der Waals surface area contributed by atoms with Crippen molar-refractivity contribution in [2.75, 3.05) is 26.6 Å². The molecular formula is C26H29N3O5. The van der Waals surface area contributed by atoms with Crippen LogP contribution in [-0.4, -0.2) is 38.0 Å². The van der Waals surface area contributed by atoms with Crippen LogP contribution in [0.2, 0.25) is 0 Å². The van der Waals surface area contributed by atoms with E-state index in [0.717, 1.165) is 24.1 Å². The number of ketones is 1. The van der Waals surface area contributed by atoms with Gasteiger partial charge in [-0.1, -0.05) is 0 Å². The fraction of sp³-hybridized carbons (Fsp3) is 0.346. The normalized spacial score (nSPS) is 17.7. The molecule has 0 radical (unpaired) electrons. The van der Waals surface area contributed by atoms with Crippen LogP contribution in [0.4, 0.5) is 5.82 Å². The summed E-state index contributed by atoms with van der Waals surface area (Å²) in [5, 5.41) is 6.23. The third-order valence-corrected chi connectivity index (χ3v) is 6.20. The number of dihydropyridines is 1. The van der Waals surface area contributed by atoms with Gasteiger partial charge in [0.2, 0.25) is 5.75 Å². The maximum Gasteiger partial charge on any atom is 0.255 e. The van der Waals surface area contributed by atoms with Gasteiger partial charge in [-0.3, -0.25) is 9.59 Å². The minimum absolute atomic E-state index is 0.0268. The van der Waals surface area contributed by atoms with E-state index in [0.29, 0.717) is 51.9 Å². The monoisotopic (exact) mass is 463 g/mol. The van der Waals surface area contributed by atoms with Crippen molar-refractivity contribution >= 4 is 17.5 Å². The molecule has 4 rings (SSSR count). The molecule has 8 heteroatoms. The second kappa shape index (κ2) is 9.59. The number of benzene rings is 1. The number of aryl methyl sites for hydroxylation is 1. The Morgan fingerprint density at radius 3 is 2.38 bits per heavy atom. The lowest BCUT2D eigenvalue weighted by molar-refractivity contribution is -0.116. The van der Waals surface area contributed by atoms with E-state index in [4.69, 9.17) is 14.2 Å². The van der Waals surface area contributed by atoms with Crippen LogP contribution < -0.4 is 24.8 Å². The molecule has 0 saturated carbocycles. The molecule has 1 aliphatic heterocycles. The molecule has 0 saturated heterocycles. The Kier molecular flexibility index (Phi) is 6.58. The molecule has 1 atom stereocenters. The van der Waals surface area contributed by atoms with Crippen LogP contribution in [0.1, 0.15) is 43.2 Å². The van der Waals surface area contributed by atoms with Crippen molar-refractivity contribution in [1.82, 2.24) is 10.3 Å². The van der Waals surface area contributed by atoms with E-state index in [2.05, 4.69) is 15.6 Å². The first-order valence-electron chi connectivity index (χ1n) is 11.2. The van der Waals surface area contributed by atoms with Crippen molar-refractivity contribution in [3.63, 3.8) is 0 Å². The summed E-state index contributed by atoms with van der Waals surface area (Å²) < 4.78 is 16.6. The van der Waals surface area contributed by atoms with Crippen LogP contribution in [0.5, 0.6) is 17.2 Å². The minimum atomic E-state index is -0.595. The SMILES string of the molecule is COc1cc([C@@H]2C(C(=O)Nc3cc(C)ccn3)=C(C)NC3=C2C(=O)CCC3)cc(OC)c1OC. The Labute approximate surface area is 199 Å². The van der Waals surface area contributed by atoms with Crippen molar-refractivity contribution in [2.45, 2.75) is 39.0 Å². The van der Waals surface area contributed by atoms with Crippen molar-refractivity contribution < 1.29 is 23.8 Å². The van der Waals surface area contributed by atoms with Crippen LogP contribution in [-0.2, 0) is 9.59 Å². The number of nitrogens with zero attached hydrogens (tertiary/aromatic N) is 1. The van der Waals surface area contributed by atoms with Gasteiger partial charge in [0.25, 0.3) is 5.91 Å². The van der Waals surface area contributed by atoms with Crippen LogP contribution in [0.15, 0.2) is 53.0 Å². The zero-order valence-electron chi connectivity index (χ0n) is 20.1. The molecule has 1 aliphatic carbocycles. The molecule has 2 N–H and O–H groups in total. The van der Waals surface area contributed by atoms with Gasteiger partial charge in [0, 0.05) is 41.1 Å². The van der Waals surface area contributed by atoms with Gasteiger partial charge in [-0.25, -0.2) is 4.98 Å². The number of rotatable bonds is 6. The van der Waals surface area contributed by atoms with Gasteiger partial charge in [0.05, 0.1) is 21.3 Å². The summed E-state index contributed by atoms with van der Waals surface area (Å²) in [5.74, 6) is 0.914. The molecule has 34 heavy (non-hydrogen) atoms. The number of pyridine rings is 1. The molecule has 2 aromatic rings. The molecule has 1 aromatic carbocycles. The highest BCUT2D eigenvalue weighted by molar-refractivity contribution is 6.09. The van der Waals surface area contributed by atoms with Gasteiger partial charge >= 0.3 is 0 Å². The highest BCUT2D eigenvalue weighted by atomic mass is 16.5. The van der Waals surface area contributed by atoms with Crippen LogP contribution in [0.3, 0.4) is 0 Å². The number of amides is 1. The number of ether oxygens (including phenoxy) is 3. The zero-order valence-corrected chi connectivity index (χ0v) is 20.1. The molecule has 0 spiro atoms. The Balaban J connectivity index is 1.87. The number of hydrogen-bond acceptors (Lipinski definition) is 7.